The summed E-state index contributed by atoms with van der Waals surface area (Å²) in [6.07, 6.45) is 3.35. The van der Waals surface area contributed by atoms with E-state index in [2.05, 4.69) is 23.3 Å². The van der Waals surface area contributed by atoms with Crippen molar-refractivity contribution in [1.82, 2.24) is 10.3 Å². The molecule has 0 atom stereocenters. The molecule has 0 spiro atoms. The number of piperidine rings is 1. The lowest BCUT2D eigenvalue weighted by Crippen LogP contribution is -2.32. The highest BCUT2D eigenvalue weighted by Crippen LogP contribution is 2.17. The summed E-state index contributed by atoms with van der Waals surface area (Å²) in [6, 6.07) is 6.09. The summed E-state index contributed by atoms with van der Waals surface area (Å²) >= 11 is 0. The Bertz CT molecular complexity index is 544. The zero-order valence-corrected chi connectivity index (χ0v) is 11.3. The van der Waals surface area contributed by atoms with Crippen molar-refractivity contribution in [3.05, 3.63) is 29.7 Å². The van der Waals surface area contributed by atoms with Crippen LogP contribution in [0.5, 0.6) is 0 Å². The Kier molecular flexibility index (Phi) is 3.80. The lowest BCUT2D eigenvalue weighted by atomic mass is 10.1. The summed E-state index contributed by atoms with van der Waals surface area (Å²) in [5.41, 5.74) is 3.00. The third-order valence-corrected chi connectivity index (χ3v) is 3.54. The maximum absolute atomic E-state index is 5.87. The van der Waals surface area contributed by atoms with Crippen molar-refractivity contribution in [1.29, 1.82) is 0 Å². The van der Waals surface area contributed by atoms with Crippen LogP contribution in [0.3, 0.4) is 0 Å². The molecule has 1 N–H and O–H groups in total. The molecule has 0 aliphatic carbocycles. The molecule has 1 fully saturated rings. The van der Waals surface area contributed by atoms with Crippen LogP contribution in [0.2, 0.25) is 0 Å². The molecule has 4 nitrogen and oxygen atoms in total. The van der Waals surface area contributed by atoms with E-state index in [1.807, 2.05) is 12.1 Å². The minimum absolute atomic E-state index is 0.396. The first kappa shape index (κ1) is 12.6. The molecule has 4 heteroatoms. The Morgan fingerprint density at radius 1 is 1.37 bits per heavy atom. The number of fused-ring (bicyclic) bond motifs is 1. The molecule has 3 rings (SSSR count). The third-order valence-electron chi connectivity index (χ3n) is 3.54. The van der Waals surface area contributed by atoms with Crippen LogP contribution >= 0.6 is 0 Å². The van der Waals surface area contributed by atoms with Crippen molar-refractivity contribution < 1.29 is 9.15 Å². The molecule has 19 heavy (non-hydrogen) atoms. The normalized spacial score (nSPS) is 17.1. The SMILES string of the molecule is Cc1ccc2nc(CCOC3CCNCC3)oc2c1. The summed E-state index contributed by atoms with van der Waals surface area (Å²) in [5, 5.41) is 3.33. The Morgan fingerprint density at radius 2 is 2.21 bits per heavy atom. The second kappa shape index (κ2) is 5.72. The van der Waals surface area contributed by atoms with Gasteiger partial charge in [0, 0.05) is 6.42 Å². The van der Waals surface area contributed by atoms with E-state index in [1.54, 1.807) is 0 Å². The maximum Gasteiger partial charge on any atom is 0.197 e. The van der Waals surface area contributed by atoms with Gasteiger partial charge in [0.2, 0.25) is 0 Å². The minimum Gasteiger partial charge on any atom is -0.441 e. The first-order valence-electron chi connectivity index (χ1n) is 7.00. The van der Waals surface area contributed by atoms with Crippen molar-refractivity contribution in [2.45, 2.75) is 32.3 Å². The van der Waals surface area contributed by atoms with E-state index in [0.29, 0.717) is 12.7 Å². The fraction of sp³-hybridized carbons (Fsp3) is 0.533. The third kappa shape index (κ3) is 3.14. The van der Waals surface area contributed by atoms with Gasteiger partial charge in [0.25, 0.3) is 0 Å². The molecule has 1 saturated heterocycles. The highest BCUT2D eigenvalue weighted by molar-refractivity contribution is 5.73. The van der Waals surface area contributed by atoms with E-state index in [4.69, 9.17) is 9.15 Å². The van der Waals surface area contributed by atoms with Gasteiger partial charge in [0.15, 0.2) is 11.5 Å². The average molecular weight is 260 g/mol. The average Bonchev–Trinajstić information content (AvgIpc) is 2.82. The number of aryl methyl sites for hydroxylation is 1. The van der Waals surface area contributed by atoms with Gasteiger partial charge in [0.05, 0.1) is 12.7 Å². The van der Waals surface area contributed by atoms with Crippen LogP contribution in [-0.2, 0) is 11.2 Å². The minimum atomic E-state index is 0.396. The van der Waals surface area contributed by atoms with Crippen molar-refractivity contribution >= 4 is 11.1 Å². The van der Waals surface area contributed by atoms with E-state index >= 15 is 0 Å². The molecule has 2 aromatic rings. The standard InChI is InChI=1S/C15H20N2O2/c1-11-2-3-13-14(10-11)19-15(17-13)6-9-18-12-4-7-16-8-5-12/h2-3,10,12,16H,4-9H2,1H3. The van der Waals surface area contributed by atoms with Crippen LogP contribution in [0.15, 0.2) is 22.6 Å². The van der Waals surface area contributed by atoms with Gasteiger partial charge in [-0.25, -0.2) is 4.98 Å². The maximum atomic E-state index is 5.87. The zero-order chi connectivity index (χ0) is 13.1. The second-order valence-electron chi connectivity index (χ2n) is 5.15. The van der Waals surface area contributed by atoms with Crippen LogP contribution in [0, 0.1) is 6.92 Å². The van der Waals surface area contributed by atoms with Crippen LogP contribution in [0.1, 0.15) is 24.3 Å². The number of hydrogen-bond donors (Lipinski definition) is 1. The van der Waals surface area contributed by atoms with Crippen LogP contribution in [0.25, 0.3) is 11.1 Å². The summed E-state index contributed by atoms with van der Waals surface area (Å²) in [6.45, 7) is 4.87. The highest BCUT2D eigenvalue weighted by atomic mass is 16.5. The predicted octanol–water partition coefficient (Wildman–Crippen LogP) is 2.45. The molecule has 2 heterocycles. The van der Waals surface area contributed by atoms with E-state index in [1.165, 1.54) is 5.56 Å². The molecule has 1 aromatic heterocycles. The smallest absolute Gasteiger partial charge is 0.197 e. The lowest BCUT2D eigenvalue weighted by Gasteiger charge is -2.22. The molecule has 0 radical (unpaired) electrons. The second-order valence-corrected chi connectivity index (χ2v) is 5.15. The van der Waals surface area contributed by atoms with Gasteiger partial charge in [-0.2, -0.15) is 0 Å². The first-order chi connectivity index (χ1) is 9.31. The number of nitrogens with zero attached hydrogens (tertiary/aromatic N) is 1. The van der Waals surface area contributed by atoms with Crippen molar-refractivity contribution in [3.8, 4) is 0 Å². The monoisotopic (exact) mass is 260 g/mol. The predicted molar refractivity (Wildman–Crippen MR) is 74.3 cm³/mol. The number of rotatable bonds is 4. The molecule has 1 aliphatic heterocycles. The highest BCUT2D eigenvalue weighted by Gasteiger charge is 2.13. The summed E-state index contributed by atoms with van der Waals surface area (Å²) in [4.78, 5) is 4.48. The molecular weight excluding hydrogens is 240 g/mol. The van der Waals surface area contributed by atoms with Crippen LogP contribution in [0.4, 0.5) is 0 Å². The molecule has 0 unspecified atom stereocenters. The fourth-order valence-corrected chi connectivity index (χ4v) is 2.46. The molecule has 1 aromatic carbocycles. The summed E-state index contributed by atoms with van der Waals surface area (Å²) < 4.78 is 11.6. The number of nitrogens with one attached hydrogen (secondary N) is 1. The Labute approximate surface area is 113 Å². The first-order valence-corrected chi connectivity index (χ1v) is 7.00. The molecule has 0 saturated carbocycles. The van der Waals surface area contributed by atoms with Crippen molar-refractivity contribution in [3.63, 3.8) is 0 Å². The molecule has 0 bridgehead atoms. The number of benzene rings is 1. The van der Waals surface area contributed by atoms with Gasteiger partial charge in [-0.05, 0) is 50.6 Å². The molecule has 0 amide bonds. The quantitative estimate of drug-likeness (QED) is 0.917. The van der Waals surface area contributed by atoms with Crippen molar-refractivity contribution in [2.24, 2.45) is 0 Å². The van der Waals surface area contributed by atoms with Crippen molar-refractivity contribution in [2.75, 3.05) is 19.7 Å². The Morgan fingerprint density at radius 3 is 3.05 bits per heavy atom. The Hall–Kier alpha value is -1.39. The van der Waals surface area contributed by atoms with E-state index in [-0.39, 0.29) is 0 Å². The topological polar surface area (TPSA) is 47.3 Å². The molecular formula is C15H20N2O2. The number of oxazole rings is 1. The largest absolute Gasteiger partial charge is 0.441 e. The van der Waals surface area contributed by atoms with Gasteiger partial charge < -0.3 is 14.5 Å². The number of hydrogen-bond acceptors (Lipinski definition) is 4. The number of ether oxygens (including phenoxy) is 1. The summed E-state index contributed by atoms with van der Waals surface area (Å²) in [7, 11) is 0. The Balaban J connectivity index is 1.56. The van der Waals surface area contributed by atoms with Gasteiger partial charge in [0.1, 0.15) is 5.52 Å². The van der Waals surface area contributed by atoms with Crippen LogP contribution < -0.4 is 5.32 Å². The van der Waals surface area contributed by atoms with Gasteiger partial charge in [-0.3, -0.25) is 0 Å². The zero-order valence-electron chi connectivity index (χ0n) is 11.3. The summed E-state index contributed by atoms with van der Waals surface area (Å²) in [5.74, 6) is 0.773. The van der Waals surface area contributed by atoms with E-state index in [0.717, 1.165) is 49.3 Å². The van der Waals surface area contributed by atoms with Crippen LogP contribution in [-0.4, -0.2) is 30.8 Å². The van der Waals surface area contributed by atoms with Gasteiger partial charge in [-0.1, -0.05) is 6.07 Å². The van der Waals surface area contributed by atoms with Gasteiger partial charge in [-0.15, -0.1) is 0 Å². The number of aromatic nitrogens is 1. The molecule has 1 aliphatic rings. The van der Waals surface area contributed by atoms with E-state index < -0.39 is 0 Å². The van der Waals surface area contributed by atoms with E-state index in [9.17, 15) is 0 Å². The fourth-order valence-electron chi connectivity index (χ4n) is 2.46. The van der Waals surface area contributed by atoms with Gasteiger partial charge >= 0.3 is 0 Å². The lowest BCUT2D eigenvalue weighted by molar-refractivity contribution is 0.0328. The molecule has 102 valence electrons.